The van der Waals surface area contributed by atoms with Gasteiger partial charge in [0.05, 0.1) is 19.1 Å². The van der Waals surface area contributed by atoms with Gasteiger partial charge < -0.3 is 19.7 Å². The van der Waals surface area contributed by atoms with Gasteiger partial charge in [-0.05, 0) is 37.5 Å². The Labute approximate surface area is 154 Å². The number of nitrogens with one attached hydrogen (secondary N) is 1. The van der Waals surface area contributed by atoms with Crippen molar-refractivity contribution in [3.63, 3.8) is 0 Å². The second-order valence-corrected chi connectivity index (χ2v) is 6.27. The minimum atomic E-state index is -0.263. The number of halogens is 1. The van der Waals surface area contributed by atoms with Gasteiger partial charge in [0.25, 0.3) is 0 Å². The smallest absolute Gasteiger partial charge is 0.309 e. The third-order valence-corrected chi connectivity index (χ3v) is 4.49. The number of piperidine rings is 1. The topological polar surface area (TPSA) is 63.2 Å². The Kier molecular flexibility index (Phi) is 7.84. The number of carbonyl (C=O) groups excluding carboxylic acids is 1. The highest BCUT2D eigenvalue weighted by atomic mass is 19.1. The third kappa shape index (κ3) is 5.42. The molecule has 1 N–H and O–H groups in total. The summed E-state index contributed by atoms with van der Waals surface area (Å²) >= 11 is 0. The number of rotatable bonds is 6. The van der Waals surface area contributed by atoms with Crippen LogP contribution in [-0.4, -0.2) is 50.7 Å². The number of ether oxygens (including phenoxy) is 2. The molecule has 1 heterocycles. The van der Waals surface area contributed by atoms with Gasteiger partial charge in [-0.3, -0.25) is 9.79 Å². The van der Waals surface area contributed by atoms with Crippen molar-refractivity contribution in [3.8, 4) is 0 Å². The van der Waals surface area contributed by atoms with Gasteiger partial charge in [-0.1, -0.05) is 6.07 Å². The van der Waals surface area contributed by atoms with E-state index >= 15 is 0 Å². The van der Waals surface area contributed by atoms with E-state index in [2.05, 4.69) is 15.2 Å². The van der Waals surface area contributed by atoms with Crippen molar-refractivity contribution in [3.05, 3.63) is 35.1 Å². The van der Waals surface area contributed by atoms with Crippen molar-refractivity contribution in [1.29, 1.82) is 0 Å². The molecule has 0 saturated carbocycles. The molecular formula is C19H28FN3O3. The van der Waals surface area contributed by atoms with Gasteiger partial charge in [-0.15, -0.1) is 0 Å². The van der Waals surface area contributed by atoms with E-state index < -0.39 is 0 Å². The Hall–Kier alpha value is -2.15. The van der Waals surface area contributed by atoms with Crippen LogP contribution in [0.25, 0.3) is 0 Å². The number of nitrogens with zero attached hydrogens (tertiary/aromatic N) is 2. The zero-order valence-corrected chi connectivity index (χ0v) is 15.8. The summed E-state index contributed by atoms with van der Waals surface area (Å²) in [7, 11) is 3.28. The first-order chi connectivity index (χ1) is 12.6. The van der Waals surface area contributed by atoms with Crippen LogP contribution in [0.5, 0.6) is 0 Å². The maximum Gasteiger partial charge on any atom is 0.309 e. The predicted octanol–water partition coefficient (Wildman–Crippen LogP) is 2.32. The van der Waals surface area contributed by atoms with Crippen molar-refractivity contribution < 1.29 is 18.7 Å². The minimum absolute atomic E-state index is 0.0296. The summed E-state index contributed by atoms with van der Waals surface area (Å²) in [5, 5.41) is 3.31. The number of carbonyl (C=O) groups is 1. The molecule has 2 rings (SSSR count). The quantitative estimate of drug-likeness (QED) is 0.476. The Morgan fingerprint density at radius 3 is 2.73 bits per heavy atom. The molecule has 1 aliphatic rings. The van der Waals surface area contributed by atoms with Crippen LogP contribution in [0.1, 0.15) is 30.9 Å². The van der Waals surface area contributed by atoms with E-state index in [4.69, 9.17) is 9.47 Å². The average Bonchev–Trinajstić information content (AvgIpc) is 2.65. The summed E-state index contributed by atoms with van der Waals surface area (Å²) in [5.74, 6) is 0.385. The molecule has 0 spiro atoms. The van der Waals surface area contributed by atoms with Crippen molar-refractivity contribution in [2.24, 2.45) is 10.9 Å². The van der Waals surface area contributed by atoms with Crippen molar-refractivity contribution in [2.75, 3.05) is 33.9 Å². The summed E-state index contributed by atoms with van der Waals surface area (Å²) in [4.78, 5) is 18.3. The fourth-order valence-corrected chi connectivity index (χ4v) is 3.10. The summed E-state index contributed by atoms with van der Waals surface area (Å²) in [6.07, 6.45) is 1.52. The molecule has 144 valence electrons. The lowest BCUT2D eigenvalue weighted by Crippen LogP contribution is -2.46. The van der Waals surface area contributed by atoms with Crippen LogP contribution < -0.4 is 5.32 Å². The average molecular weight is 365 g/mol. The molecule has 1 aromatic rings. The molecule has 26 heavy (non-hydrogen) atoms. The van der Waals surface area contributed by atoms with E-state index in [0.29, 0.717) is 18.7 Å². The fraction of sp³-hybridized carbons (Fsp3) is 0.579. The summed E-state index contributed by atoms with van der Waals surface area (Å²) in [5.41, 5.74) is 1.50. The lowest BCUT2D eigenvalue weighted by molar-refractivity contribution is -0.149. The van der Waals surface area contributed by atoms with Crippen LogP contribution in [0.3, 0.4) is 0 Å². The molecule has 0 aliphatic carbocycles. The molecule has 7 heteroatoms. The first kappa shape index (κ1) is 20.2. The van der Waals surface area contributed by atoms with Crippen LogP contribution in [0, 0.1) is 11.7 Å². The van der Waals surface area contributed by atoms with Crippen molar-refractivity contribution >= 4 is 11.9 Å². The van der Waals surface area contributed by atoms with Gasteiger partial charge in [0.1, 0.15) is 5.82 Å². The van der Waals surface area contributed by atoms with Crippen LogP contribution in [0.2, 0.25) is 0 Å². The zero-order chi connectivity index (χ0) is 18.9. The van der Waals surface area contributed by atoms with Gasteiger partial charge in [0, 0.05) is 39.4 Å². The van der Waals surface area contributed by atoms with E-state index in [1.165, 1.54) is 6.07 Å². The number of aliphatic imine (C=N–C) groups is 1. The first-order valence-electron chi connectivity index (χ1n) is 8.97. The Bertz CT molecular complexity index is 628. The molecule has 0 radical (unpaired) electrons. The maximum absolute atomic E-state index is 13.7. The van der Waals surface area contributed by atoms with E-state index in [9.17, 15) is 9.18 Å². The second kappa shape index (κ2) is 10.1. The molecule has 6 nitrogen and oxygen atoms in total. The monoisotopic (exact) mass is 365 g/mol. The molecule has 0 atom stereocenters. The number of benzene rings is 1. The maximum atomic E-state index is 13.7. The van der Waals surface area contributed by atoms with Gasteiger partial charge in [0.2, 0.25) is 0 Å². The molecular weight excluding hydrogens is 337 g/mol. The highest BCUT2D eigenvalue weighted by Crippen LogP contribution is 2.19. The lowest BCUT2D eigenvalue weighted by atomic mass is 9.97. The number of guanidine groups is 1. The molecule has 0 aromatic heterocycles. The number of likely N-dealkylation sites (tertiary alicyclic amines) is 1. The van der Waals surface area contributed by atoms with E-state index in [1.54, 1.807) is 26.3 Å². The standard InChI is InChI=1S/C19H28FN3O3/c1-4-26-18(24)15-7-9-23(10-8-15)19(21-2)22-12-14-5-6-17(20)16(11-14)13-25-3/h5-6,11,15H,4,7-10,12-13H2,1-3H3,(H,21,22). The van der Waals surface area contributed by atoms with Gasteiger partial charge >= 0.3 is 5.97 Å². The molecule has 1 fully saturated rings. The molecule has 1 saturated heterocycles. The lowest BCUT2D eigenvalue weighted by Gasteiger charge is -2.33. The largest absolute Gasteiger partial charge is 0.466 e. The summed E-state index contributed by atoms with van der Waals surface area (Å²) in [6, 6.07) is 5.01. The first-order valence-corrected chi connectivity index (χ1v) is 8.97. The highest BCUT2D eigenvalue weighted by molar-refractivity contribution is 5.80. The molecule has 0 bridgehead atoms. The molecule has 1 aliphatic heterocycles. The third-order valence-electron chi connectivity index (χ3n) is 4.49. The number of methoxy groups -OCH3 is 1. The van der Waals surface area contributed by atoms with Crippen LogP contribution in [-0.2, 0) is 27.4 Å². The van der Waals surface area contributed by atoms with E-state index in [0.717, 1.165) is 37.5 Å². The normalized spacial score (nSPS) is 15.8. The predicted molar refractivity (Wildman–Crippen MR) is 98.2 cm³/mol. The number of hydrogen-bond acceptors (Lipinski definition) is 4. The Balaban J connectivity index is 1.89. The molecule has 1 aromatic carbocycles. The molecule has 0 unspecified atom stereocenters. The SMILES string of the molecule is CCOC(=O)C1CCN(C(=NC)NCc2ccc(F)c(COC)c2)CC1. The number of hydrogen-bond donors (Lipinski definition) is 1. The van der Waals surface area contributed by atoms with Crippen molar-refractivity contribution in [1.82, 2.24) is 10.2 Å². The van der Waals surface area contributed by atoms with Gasteiger partial charge in [-0.25, -0.2) is 4.39 Å². The Morgan fingerprint density at radius 2 is 2.12 bits per heavy atom. The van der Waals surface area contributed by atoms with E-state index in [1.807, 2.05) is 6.92 Å². The van der Waals surface area contributed by atoms with Crippen LogP contribution in [0.15, 0.2) is 23.2 Å². The highest BCUT2D eigenvalue weighted by Gasteiger charge is 2.27. The zero-order valence-electron chi connectivity index (χ0n) is 15.8. The van der Waals surface area contributed by atoms with Gasteiger partial charge in [0.15, 0.2) is 5.96 Å². The van der Waals surface area contributed by atoms with E-state index in [-0.39, 0.29) is 24.3 Å². The van der Waals surface area contributed by atoms with Crippen LogP contribution >= 0.6 is 0 Å². The minimum Gasteiger partial charge on any atom is -0.466 e. The number of esters is 1. The van der Waals surface area contributed by atoms with Gasteiger partial charge in [-0.2, -0.15) is 0 Å². The summed E-state index contributed by atoms with van der Waals surface area (Å²) in [6.45, 7) is 4.54. The summed E-state index contributed by atoms with van der Waals surface area (Å²) < 4.78 is 23.8. The van der Waals surface area contributed by atoms with Crippen LogP contribution in [0.4, 0.5) is 4.39 Å². The molecule has 0 amide bonds. The fourth-order valence-electron chi connectivity index (χ4n) is 3.10. The van der Waals surface area contributed by atoms with Crippen molar-refractivity contribution in [2.45, 2.75) is 32.9 Å². The Morgan fingerprint density at radius 1 is 1.38 bits per heavy atom. The second-order valence-electron chi connectivity index (χ2n) is 6.27.